The van der Waals surface area contributed by atoms with Crippen LogP contribution in [0.25, 0.3) is 0 Å². The second-order valence-corrected chi connectivity index (χ2v) is 4.72. The van der Waals surface area contributed by atoms with E-state index in [9.17, 15) is 4.79 Å². The molecule has 0 aliphatic heterocycles. The zero-order chi connectivity index (χ0) is 13.5. The summed E-state index contributed by atoms with van der Waals surface area (Å²) in [6.45, 7) is 6.85. The van der Waals surface area contributed by atoms with Crippen LogP contribution in [-0.4, -0.2) is 17.7 Å². The van der Waals surface area contributed by atoms with E-state index >= 15 is 0 Å². The number of carbonyl (C=O) groups is 1. The molecule has 18 heavy (non-hydrogen) atoms. The largest absolute Gasteiger partial charge is 0.493 e. The van der Waals surface area contributed by atoms with E-state index in [0.29, 0.717) is 18.9 Å². The molecule has 3 nitrogen and oxygen atoms in total. The Morgan fingerprint density at radius 3 is 2.67 bits per heavy atom. The Hall–Kier alpha value is -1.51. The summed E-state index contributed by atoms with van der Waals surface area (Å²) in [5.41, 5.74) is 2.43. The molecule has 1 N–H and O–H groups in total. The van der Waals surface area contributed by atoms with Crippen LogP contribution in [0.5, 0.6) is 5.75 Å². The Kier molecular flexibility index (Phi) is 5.69. The molecule has 0 heterocycles. The van der Waals surface area contributed by atoms with Crippen LogP contribution in [0, 0.1) is 0 Å². The second-order valence-electron chi connectivity index (χ2n) is 4.72. The Morgan fingerprint density at radius 1 is 1.39 bits per heavy atom. The van der Waals surface area contributed by atoms with Crippen molar-refractivity contribution >= 4 is 5.97 Å². The minimum atomic E-state index is -0.773. The van der Waals surface area contributed by atoms with E-state index < -0.39 is 5.97 Å². The molecule has 0 aliphatic rings. The highest BCUT2D eigenvalue weighted by atomic mass is 16.5. The highest BCUT2D eigenvalue weighted by Gasteiger charge is 2.07. The molecule has 0 atom stereocenters. The minimum Gasteiger partial charge on any atom is -0.493 e. The predicted molar refractivity (Wildman–Crippen MR) is 72.3 cm³/mol. The number of aliphatic carboxylic acids is 1. The first-order valence-corrected chi connectivity index (χ1v) is 6.52. The fraction of sp³-hybridized carbons (Fsp3) is 0.533. The molecular weight excluding hydrogens is 228 g/mol. The van der Waals surface area contributed by atoms with Crippen LogP contribution in [-0.2, 0) is 11.2 Å². The fourth-order valence-electron chi connectivity index (χ4n) is 1.76. The molecule has 1 aromatic rings. The van der Waals surface area contributed by atoms with Gasteiger partial charge in [-0.05, 0) is 36.0 Å². The molecule has 1 rings (SSSR count). The summed E-state index contributed by atoms with van der Waals surface area (Å²) in [5, 5.41) is 8.57. The van der Waals surface area contributed by atoms with Crippen molar-refractivity contribution in [2.45, 2.75) is 46.0 Å². The van der Waals surface area contributed by atoms with Crippen LogP contribution in [0.1, 0.15) is 50.7 Å². The van der Waals surface area contributed by atoms with Crippen LogP contribution in [0.3, 0.4) is 0 Å². The van der Waals surface area contributed by atoms with Gasteiger partial charge in [0.25, 0.3) is 0 Å². The van der Waals surface area contributed by atoms with Gasteiger partial charge in [0.05, 0.1) is 6.61 Å². The third-order valence-corrected chi connectivity index (χ3v) is 2.93. The average Bonchev–Trinajstić information content (AvgIpc) is 2.34. The molecule has 0 saturated carbocycles. The Labute approximate surface area is 109 Å². The quantitative estimate of drug-likeness (QED) is 0.752. The van der Waals surface area contributed by atoms with E-state index in [0.717, 1.165) is 12.2 Å². The number of ether oxygens (including phenoxy) is 1. The third-order valence-electron chi connectivity index (χ3n) is 2.93. The van der Waals surface area contributed by atoms with Gasteiger partial charge in [-0.15, -0.1) is 0 Å². The molecule has 1 aromatic carbocycles. The van der Waals surface area contributed by atoms with Gasteiger partial charge >= 0.3 is 5.97 Å². The van der Waals surface area contributed by atoms with E-state index in [1.54, 1.807) is 0 Å². The predicted octanol–water partition coefficient (Wildman–Crippen LogP) is 3.62. The van der Waals surface area contributed by atoms with Gasteiger partial charge in [-0.1, -0.05) is 32.9 Å². The maximum atomic E-state index is 10.4. The lowest BCUT2D eigenvalue weighted by atomic mass is 10.00. The smallest absolute Gasteiger partial charge is 0.303 e. The van der Waals surface area contributed by atoms with Crippen LogP contribution in [0.15, 0.2) is 18.2 Å². The summed E-state index contributed by atoms with van der Waals surface area (Å²) in [6.07, 6.45) is 1.63. The summed E-state index contributed by atoms with van der Waals surface area (Å²) >= 11 is 0. The molecule has 100 valence electrons. The summed E-state index contributed by atoms with van der Waals surface area (Å²) in [6, 6.07) is 6.31. The van der Waals surface area contributed by atoms with Crippen molar-refractivity contribution in [1.29, 1.82) is 0 Å². The lowest BCUT2D eigenvalue weighted by Gasteiger charge is -2.13. The van der Waals surface area contributed by atoms with Gasteiger partial charge in [-0.3, -0.25) is 4.79 Å². The van der Waals surface area contributed by atoms with Crippen molar-refractivity contribution in [1.82, 2.24) is 0 Å². The van der Waals surface area contributed by atoms with Crippen LogP contribution >= 0.6 is 0 Å². The van der Waals surface area contributed by atoms with E-state index in [4.69, 9.17) is 9.84 Å². The lowest BCUT2D eigenvalue weighted by molar-refractivity contribution is -0.137. The summed E-state index contributed by atoms with van der Waals surface area (Å²) in [5.74, 6) is 0.594. The van der Waals surface area contributed by atoms with Crippen molar-refractivity contribution in [2.75, 3.05) is 6.61 Å². The molecular formula is C15H22O3. The van der Waals surface area contributed by atoms with Crippen LogP contribution < -0.4 is 4.74 Å². The first-order valence-electron chi connectivity index (χ1n) is 6.52. The maximum absolute atomic E-state index is 10.4. The molecule has 0 fully saturated rings. The van der Waals surface area contributed by atoms with Gasteiger partial charge in [0.1, 0.15) is 5.75 Å². The third kappa shape index (κ3) is 4.40. The molecule has 0 bridgehead atoms. The Bertz CT molecular complexity index is 397. The summed E-state index contributed by atoms with van der Waals surface area (Å²) in [7, 11) is 0. The average molecular weight is 250 g/mol. The molecule has 0 aromatic heterocycles. The summed E-state index contributed by atoms with van der Waals surface area (Å²) < 4.78 is 5.71. The second kappa shape index (κ2) is 7.04. The zero-order valence-corrected chi connectivity index (χ0v) is 11.4. The number of carboxylic acid groups (broad SMARTS) is 1. The van der Waals surface area contributed by atoms with Gasteiger partial charge in [0.15, 0.2) is 0 Å². The molecule has 0 amide bonds. The molecule has 0 aliphatic carbocycles. The SMILES string of the molecule is CCc1ccc(C(C)C)cc1OCCCC(=O)O. The maximum Gasteiger partial charge on any atom is 0.303 e. The number of hydrogen-bond donors (Lipinski definition) is 1. The standard InChI is InChI=1S/C15H22O3/c1-4-12-7-8-13(11(2)3)10-14(12)18-9-5-6-15(16)17/h7-8,10-11H,4-6,9H2,1-3H3,(H,16,17). The highest BCUT2D eigenvalue weighted by Crippen LogP contribution is 2.25. The number of benzene rings is 1. The molecule has 0 unspecified atom stereocenters. The molecule has 0 radical (unpaired) electrons. The number of carboxylic acids is 1. The molecule has 0 saturated heterocycles. The van der Waals surface area contributed by atoms with E-state index in [2.05, 4.69) is 39.0 Å². The number of rotatable bonds is 7. The van der Waals surface area contributed by atoms with Crippen molar-refractivity contribution in [3.05, 3.63) is 29.3 Å². The Morgan fingerprint density at radius 2 is 2.11 bits per heavy atom. The topological polar surface area (TPSA) is 46.5 Å². The van der Waals surface area contributed by atoms with E-state index in [-0.39, 0.29) is 6.42 Å². The van der Waals surface area contributed by atoms with Gasteiger partial charge in [0.2, 0.25) is 0 Å². The van der Waals surface area contributed by atoms with E-state index in [1.807, 2.05) is 0 Å². The first kappa shape index (κ1) is 14.6. The molecule has 0 spiro atoms. The van der Waals surface area contributed by atoms with Gasteiger partial charge < -0.3 is 9.84 Å². The molecule has 3 heteroatoms. The highest BCUT2D eigenvalue weighted by molar-refractivity contribution is 5.66. The van der Waals surface area contributed by atoms with Gasteiger partial charge in [-0.25, -0.2) is 0 Å². The monoisotopic (exact) mass is 250 g/mol. The number of aryl methyl sites for hydroxylation is 1. The van der Waals surface area contributed by atoms with Crippen LogP contribution in [0.2, 0.25) is 0 Å². The lowest BCUT2D eigenvalue weighted by Crippen LogP contribution is -2.04. The summed E-state index contributed by atoms with van der Waals surface area (Å²) in [4.78, 5) is 10.4. The van der Waals surface area contributed by atoms with Crippen molar-refractivity contribution < 1.29 is 14.6 Å². The number of hydrogen-bond acceptors (Lipinski definition) is 2. The van der Waals surface area contributed by atoms with Gasteiger partial charge in [-0.2, -0.15) is 0 Å². The minimum absolute atomic E-state index is 0.158. The zero-order valence-electron chi connectivity index (χ0n) is 11.4. The van der Waals surface area contributed by atoms with Crippen molar-refractivity contribution in [3.63, 3.8) is 0 Å². The van der Waals surface area contributed by atoms with Crippen molar-refractivity contribution in [2.24, 2.45) is 0 Å². The van der Waals surface area contributed by atoms with E-state index in [1.165, 1.54) is 11.1 Å². The fourth-order valence-corrected chi connectivity index (χ4v) is 1.76. The Balaban J connectivity index is 2.66. The van der Waals surface area contributed by atoms with Crippen LogP contribution in [0.4, 0.5) is 0 Å². The first-order chi connectivity index (χ1) is 8.54. The van der Waals surface area contributed by atoms with Crippen molar-refractivity contribution in [3.8, 4) is 5.75 Å². The van der Waals surface area contributed by atoms with Gasteiger partial charge in [0, 0.05) is 6.42 Å². The normalized spacial score (nSPS) is 10.7.